The maximum Gasteiger partial charge on any atom is 0.197 e. The van der Waals surface area contributed by atoms with Gasteiger partial charge in [-0.15, -0.1) is 0 Å². The fourth-order valence-corrected chi connectivity index (χ4v) is 0.719. The monoisotopic (exact) mass is 146 g/mol. The van der Waals surface area contributed by atoms with Crippen LogP contribution in [0, 0.1) is 5.21 Å². The van der Waals surface area contributed by atoms with E-state index in [4.69, 9.17) is 5.21 Å². The average molecular weight is 146 g/mol. The Labute approximate surface area is 60.7 Å². The smallest absolute Gasteiger partial charge is 0.197 e. The largest absolute Gasteiger partial charge is 0.597 e. The Morgan fingerprint density at radius 3 is 2.60 bits per heavy atom. The van der Waals surface area contributed by atoms with E-state index in [1.165, 1.54) is 0 Å². The highest BCUT2D eigenvalue weighted by Gasteiger charge is 1.93. The lowest BCUT2D eigenvalue weighted by Crippen LogP contribution is -2.01. The SMILES string of the molecule is CCCCCC/[N+]([O-])=N/O. The number of unbranched alkanes of at least 4 members (excludes halogenated alkanes) is 3. The van der Waals surface area contributed by atoms with Gasteiger partial charge in [0.05, 0.1) is 0 Å². The molecule has 0 atom stereocenters. The molecule has 0 radical (unpaired) electrons. The van der Waals surface area contributed by atoms with Gasteiger partial charge in [0.2, 0.25) is 0 Å². The van der Waals surface area contributed by atoms with E-state index in [1.807, 2.05) is 0 Å². The molecule has 0 heterocycles. The number of nitrogens with zero attached hydrogens (tertiary/aromatic N) is 2. The van der Waals surface area contributed by atoms with Crippen LogP contribution in [0.3, 0.4) is 0 Å². The molecule has 0 saturated carbocycles. The van der Waals surface area contributed by atoms with Gasteiger partial charge in [-0.1, -0.05) is 24.6 Å². The molecular weight excluding hydrogens is 132 g/mol. The number of hydrogen-bond donors (Lipinski definition) is 1. The summed E-state index contributed by atoms with van der Waals surface area (Å²) >= 11 is 0. The van der Waals surface area contributed by atoms with Crippen LogP contribution in [0.25, 0.3) is 0 Å². The molecule has 1 N–H and O–H groups in total. The van der Waals surface area contributed by atoms with E-state index >= 15 is 0 Å². The van der Waals surface area contributed by atoms with Crippen molar-refractivity contribution in [3.8, 4) is 0 Å². The van der Waals surface area contributed by atoms with Crippen LogP contribution in [0.1, 0.15) is 32.6 Å². The quantitative estimate of drug-likeness (QED) is 0.279. The first-order valence-electron chi connectivity index (χ1n) is 3.61. The van der Waals surface area contributed by atoms with E-state index in [9.17, 15) is 5.21 Å². The summed E-state index contributed by atoms with van der Waals surface area (Å²) in [5.74, 6) is 0. The van der Waals surface area contributed by atoms with Crippen molar-refractivity contribution in [2.24, 2.45) is 5.28 Å². The minimum Gasteiger partial charge on any atom is -0.597 e. The minimum atomic E-state index is 0.301. The maximum absolute atomic E-state index is 10.3. The molecule has 0 aromatic carbocycles. The summed E-state index contributed by atoms with van der Waals surface area (Å²) < 4.78 is 0. The van der Waals surface area contributed by atoms with Crippen molar-refractivity contribution >= 4 is 0 Å². The zero-order valence-corrected chi connectivity index (χ0v) is 6.29. The molecule has 4 heteroatoms. The van der Waals surface area contributed by atoms with Gasteiger partial charge in [-0.25, -0.2) is 0 Å². The van der Waals surface area contributed by atoms with Crippen LogP contribution in [-0.2, 0) is 0 Å². The van der Waals surface area contributed by atoms with E-state index < -0.39 is 0 Å². The Bertz CT molecular complexity index is 104. The zero-order chi connectivity index (χ0) is 7.82. The molecule has 0 aliphatic heterocycles. The molecule has 0 aliphatic carbocycles. The summed E-state index contributed by atoms with van der Waals surface area (Å²) in [4.78, 5) is 0.301. The zero-order valence-electron chi connectivity index (χ0n) is 6.29. The van der Waals surface area contributed by atoms with Gasteiger partial charge in [0.15, 0.2) is 11.8 Å². The third-order valence-corrected chi connectivity index (χ3v) is 1.30. The molecule has 0 amide bonds. The van der Waals surface area contributed by atoms with Crippen LogP contribution in [0.2, 0.25) is 0 Å². The van der Waals surface area contributed by atoms with E-state index in [2.05, 4.69) is 12.2 Å². The predicted molar refractivity (Wildman–Crippen MR) is 36.9 cm³/mol. The molecule has 0 fully saturated rings. The Morgan fingerprint density at radius 2 is 2.10 bits per heavy atom. The highest BCUT2D eigenvalue weighted by atomic mass is 16.6. The van der Waals surface area contributed by atoms with Gasteiger partial charge in [-0.2, -0.15) is 0 Å². The minimum absolute atomic E-state index is 0.301. The molecule has 0 spiro atoms. The van der Waals surface area contributed by atoms with Crippen LogP contribution < -0.4 is 0 Å². The third kappa shape index (κ3) is 5.34. The van der Waals surface area contributed by atoms with Crippen molar-refractivity contribution in [1.29, 1.82) is 0 Å². The van der Waals surface area contributed by atoms with Gasteiger partial charge in [-0.3, -0.25) is 0 Å². The van der Waals surface area contributed by atoms with E-state index in [-0.39, 0.29) is 0 Å². The summed E-state index contributed by atoms with van der Waals surface area (Å²) in [7, 11) is 0. The van der Waals surface area contributed by atoms with Crippen LogP contribution in [0.4, 0.5) is 0 Å². The number of hydrogen-bond acceptors (Lipinski definition) is 2. The normalized spacial score (nSPS) is 11.9. The van der Waals surface area contributed by atoms with Crippen molar-refractivity contribution in [2.75, 3.05) is 6.54 Å². The fraction of sp³-hybridized carbons (Fsp3) is 1.00. The van der Waals surface area contributed by atoms with Crippen molar-refractivity contribution in [3.63, 3.8) is 0 Å². The second-order valence-corrected chi connectivity index (χ2v) is 2.23. The lowest BCUT2D eigenvalue weighted by molar-refractivity contribution is -0.556. The standard InChI is InChI=1S/C6H14N2O2/c1-2-3-4-5-6-8(10)7-9/h9H,2-6H2,1H3/b8-7-. The van der Waals surface area contributed by atoms with E-state index in [1.54, 1.807) is 0 Å². The molecule has 0 saturated heterocycles. The van der Waals surface area contributed by atoms with Crippen LogP contribution >= 0.6 is 0 Å². The number of hydroxylamine groups is 1. The highest BCUT2D eigenvalue weighted by molar-refractivity contribution is 4.36. The van der Waals surface area contributed by atoms with Crippen molar-refractivity contribution in [1.82, 2.24) is 0 Å². The number of rotatable bonds is 5. The Morgan fingerprint density at radius 1 is 1.40 bits per heavy atom. The first-order chi connectivity index (χ1) is 4.81. The lowest BCUT2D eigenvalue weighted by atomic mass is 10.2. The van der Waals surface area contributed by atoms with Gasteiger partial charge in [-0.05, 0) is 6.42 Å². The average Bonchev–Trinajstić information content (AvgIpc) is 1.98. The van der Waals surface area contributed by atoms with Gasteiger partial charge in [0.1, 0.15) is 0 Å². The Hall–Kier alpha value is -0.800. The molecular formula is C6H14N2O2. The molecule has 4 nitrogen and oxygen atoms in total. The summed E-state index contributed by atoms with van der Waals surface area (Å²) in [6.45, 7) is 2.40. The predicted octanol–water partition coefficient (Wildman–Crippen LogP) is 1.92. The molecule has 0 aromatic heterocycles. The maximum atomic E-state index is 10.3. The van der Waals surface area contributed by atoms with Crippen molar-refractivity contribution in [2.45, 2.75) is 32.6 Å². The molecule has 0 aliphatic rings. The Balaban J connectivity index is 3.04. The van der Waals surface area contributed by atoms with E-state index in [0.29, 0.717) is 11.4 Å². The van der Waals surface area contributed by atoms with Crippen LogP contribution in [-0.4, -0.2) is 16.6 Å². The second kappa shape index (κ2) is 6.32. The fourth-order valence-electron chi connectivity index (χ4n) is 0.719. The van der Waals surface area contributed by atoms with Gasteiger partial charge in [0.25, 0.3) is 0 Å². The highest BCUT2D eigenvalue weighted by Crippen LogP contribution is 1.98. The summed E-state index contributed by atoms with van der Waals surface area (Å²) in [5.41, 5.74) is 0. The second-order valence-electron chi connectivity index (χ2n) is 2.23. The Kier molecular flexibility index (Phi) is 5.82. The summed E-state index contributed by atoms with van der Waals surface area (Å²) in [5, 5.41) is 20.7. The first-order valence-corrected chi connectivity index (χ1v) is 3.61. The van der Waals surface area contributed by atoms with Crippen molar-refractivity contribution < 1.29 is 10.1 Å². The topological polar surface area (TPSA) is 58.7 Å². The first kappa shape index (κ1) is 9.20. The van der Waals surface area contributed by atoms with Crippen molar-refractivity contribution in [3.05, 3.63) is 5.21 Å². The van der Waals surface area contributed by atoms with Crippen LogP contribution in [0.5, 0.6) is 0 Å². The summed E-state index contributed by atoms with van der Waals surface area (Å²) in [6.07, 6.45) is 4.13. The van der Waals surface area contributed by atoms with Gasteiger partial charge >= 0.3 is 0 Å². The van der Waals surface area contributed by atoms with E-state index in [0.717, 1.165) is 25.7 Å². The van der Waals surface area contributed by atoms with Crippen LogP contribution in [0.15, 0.2) is 5.28 Å². The van der Waals surface area contributed by atoms with Gasteiger partial charge in [0, 0.05) is 6.42 Å². The lowest BCUT2D eigenvalue weighted by Gasteiger charge is -1.96. The van der Waals surface area contributed by atoms with Gasteiger partial charge < -0.3 is 10.4 Å². The molecule has 0 aromatic rings. The molecule has 0 bridgehead atoms. The molecule has 0 rings (SSSR count). The molecule has 60 valence electrons. The summed E-state index contributed by atoms with van der Waals surface area (Å²) in [6, 6.07) is 0. The third-order valence-electron chi connectivity index (χ3n) is 1.30. The molecule has 0 unspecified atom stereocenters. The molecule has 10 heavy (non-hydrogen) atoms.